The summed E-state index contributed by atoms with van der Waals surface area (Å²) in [6, 6.07) is 17.8. The molecule has 0 unspecified atom stereocenters. The van der Waals surface area contributed by atoms with Gasteiger partial charge >= 0.3 is 0 Å². The maximum atomic E-state index is 9.19. The molecule has 20 heavy (non-hydrogen) atoms. The van der Waals surface area contributed by atoms with Gasteiger partial charge in [0.25, 0.3) is 0 Å². The molecule has 0 aliphatic carbocycles. The van der Waals surface area contributed by atoms with E-state index in [1.54, 1.807) is 6.07 Å². The number of nitrogens with zero attached hydrogens (tertiary/aromatic N) is 2. The van der Waals surface area contributed by atoms with Crippen LogP contribution in [0.3, 0.4) is 0 Å². The van der Waals surface area contributed by atoms with E-state index in [1.807, 2.05) is 41.3 Å². The first-order valence-corrected chi connectivity index (χ1v) is 6.36. The lowest BCUT2D eigenvalue weighted by Gasteiger charge is -2.32. The Morgan fingerprint density at radius 3 is 2.60 bits per heavy atom. The Kier molecular flexibility index (Phi) is 4.38. The fourth-order valence-corrected chi connectivity index (χ4v) is 2.48. The van der Waals surface area contributed by atoms with Gasteiger partial charge in [-0.25, -0.2) is 0 Å². The Labute approximate surface area is 133 Å². The molecule has 0 radical (unpaired) electrons. The fraction of sp³-hybridized carbons (Fsp3) is 0.0667. The number of hydrogen-bond acceptors (Lipinski definition) is 2. The van der Waals surface area contributed by atoms with Gasteiger partial charge in [-0.05, 0) is 36.0 Å². The Bertz CT molecular complexity index is 694. The number of para-hydroxylation sites is 2. The highest BCUT2D eigenvalue weighted by atomic mass is 79.9. The van der Waals surface area contributed by atoms with E-state index >= 15 is 0 Å². The number of nitrogens with one attached hydrogen (secondary N) is 1. The first kappa shape index (κ1) is 14.5. The van der Waals surface area contributed by atoms with E-state index in [-0.39, 0.29) is 17.0 Å². The van der Waals surface area contributed by atoms with Crippen molar-refractivity contribution in [3.8, 4) is 6.07 Å². The van der Waals surface area contributed by atoms with Crippen molar-refractivity contribution < 1.29 is 0 Å². The van der Waals surface area contributed by atoms with Crippen LogP contribution in [0.4, 0.5) is 11.4 Å². The van der Waals surface area contributed by atoms with Crippen LogP contribution in [-0.2, 0) is 6.54 Å². The Hall–Kier alpha value is -1.90. The second-order valence-corrected chi connectivity index (χ2v) is 4.69. The van der Waals surface area contributed by atoms with Crippen molar-refractivity contribution in [3.63, 3.8) is 0 Å². The summed E-state index contributed by atoms with van der Waals surface area (Å²) in [6.45, 7) is 0.681. The molecule has 2 aromatic carbocycles. The quantitative estimate of drug-likeness (QED) is 0.796. The minimum Gasteiger partial charge on any atom is -0.332 e. The van der Waals surface area contributed by atoms with Gasteiger partial charge < -0.3 is 10.2 Å². The zero-order chi connectivity index (χ0) is 13.2. The molecule has 0 saturated heterocycles. The van der Waals surface area contributed by atoms with Gasteiger partial charge in [0.05, 0.1) is 17.8 Å². The highest BCUT2D eigenvalue weighted by Gasteiger charge is 2.22. The van der Waals surface area contributed by atoms with E-state index in [2.05, 4.69) is 17.5 Å². The minimum absolute atomic E-state index is 0. The predicted octanol–water partition coefficient (Wildman–Crippen LogP) is 3.85. The molecule has 3 nitrogen and oxygen atoms in total. The number of nitriles is 1. The first-order valence-electron chi connectivity index (χ1n) is 5.95. The van der Waals surface area contributed by atoms with Crippen molar-refractivity contribution in [1.29, 1.82) is 5.26 Å². The zero-order valence-corrected chi connectivity index (χ0v) is 13.1. The van der Waals surface area contributed by atoms with E-state index in [9.17, 15) is 5.26 Å². The molecule has 0 atom stereocenters. The Morgan fingerprint density at radius 2 is 1.80 bits per heavy atom. The molecule has 5 heteroatoms. The molecule has 0 saturated carbocycles. The van der Waals surface area contributed by atoms with Crippen molar-refractivity contribution in [1.82, 2.24) is 0 Å². The molecule has 0 amide bonds. The average molecular weight is 346 g/mol. The van der Waals surface area contributed by atoms with Gasteiger partial charge in [-0.3, -0.25) is 0 Å². The second-order valence-electron chi connectivity index (χ2n) is 4.30. The molecular weight excluding hydrogens is 334 g/mol. The maximum Gasteiger partial charge on any atom is 0.178 e. The van der Waals surface area contributed by atoms with Gasteiger partial charge in [0, 0.05) is 5.69 Å². The summed E-state index contributed by atoms with van der Waals surface area (Å²) < 4.78 is 0. The van der Waals surface area contributed by atoms with Crippen molar-refractivity contribution in [2.75, 3.05) is 10.2 Å². The third kappa shape index (κ3) is 2.53. The molecule has 100 valence electrons. The van der Waals surface area contributed by atoms with Gasteiger partial charge in [0.15, 0.2) is 5.11 Å². The van der Waals surface area contributed by atoms with Crippen LogP contribution >= 0.6 is 29.2 Å². The lowest BCUT2D eigenvalue weighted by atomic mass is 10.1. The Morgan fingerprint density at radius 1 is 1.10 bits per heavy atom. The minimum atomic E-state index is 0. The normalized spacial score (nSPS) is 12.8. The number of fused-ring (bicyclic) bond motifs is 1. The molecular formula is C15H12BrN3S. The van der Waals surface area contributed by atoms with Crippen molar-refractivity contribution >= 4 is 45.7 Å². The van der Waals surface area contributed by atoms with Gasteiger partial charge in [0.2, 0.25) is 0 Å². The van der Waals surface area contributed by atoms with Gasteiger partial charge in [-0.2, -0.15) is 5.26 Å². The number of benzene rings is 2. The predicted molar refractivity (Wildman–Crippen MR) is 90.3 cm³/mol. The van der Waals surface area contributed by atoms with E-state index in [4.69, 9.17) is 12.2 Å². The lowest BCUT2D eigenvalue weighted by Crippen LogP contribution is -2.38. The molecule has 1 heterocycles. The third-order valence-corrected chi connectivity index (χ3v) is 3.47. The summed E-state index contributed by atoms with van der Waals surface area (Å²) in [6.07, 6.45) is 0. The second kappa shape index (κ2) is 6.04. The largest absolute Gasteiger partial charge is 0.332 e. The van der Waals surface area contributed by atoms with Gasteiger partial charge in [0.1, 0.15) is 6.07 Å². The van der Waals surface area contributed by atoms with Crippen molar-refractivity contribution in [3.05, 3.63) is 59.7 Å². The lowest BCUT2D eigenvalue weighted by molar-refractivity contribution is 0.992. The zero-order valence-electron chi connectivity index (χ0n) is 10.5. The summed E-state index contributed by atoms with van der Waals surface area (Å²) in [4.78, 5) is 1.95. The number of halogens is 1. The molecule has 0 fully saturated rings. The van der Waals surface area contributed by atoms with Crippen LogP contribution in [0.15, 0.2) is 48.5 Å². The van der Waals surface area contributed by atoms with E-state index in [1.165, 1.54) is 5.56 Å². The monoisotopic (exact) mass is 345 g/mol. The van der Waals surface area contributed by atoms with Crippen molar-refractivity contribution in [2.45, 2.75) is 6.54 Å². The third-order valence-electron chi connectivity index (χ3n) is 3.15. The van der Waals surface area contributed by atoms with E-state index in [0.717, 1.165) is 11.4 Å². The molecule has 1 N–H and O–H groups in total. The maximum absolute atomic E-state index is 9.19. The number of hydrogen-bond donors (Lipinski definition) is 1. The van der Waals surface area contributed by atoms with Crippen LogP contribution in [-0.4, -0.2) is 5.11 Å². The first-order chi connectivity index (χ1) is 9.29. The number of anilines is 2. The molecule has 3 rings (SSSR count). The molecule has 0 spiro atoms. The van der Waals surface area contributed by atoms with Crippen LogP contribution in [0.5, 0.6) is 0 Å². The summed E-state index contributed by atoms with van der Waals surface area (Å²) in [7, 11) is 0. The average Bonchev–Trinajstić information content (AvgIpc) is 2.46. The van der Waals surface area contributed by atoms with Crippen LogP contribution < -0.4 is 10.2 Å². The van der Waals surface area contributed by atoms with Crippen LogP contribution in [0, 0.1) is 11.3 Å². The molecule has 1 aliphatic rings. The number of thiocarbonyl (C=S) groups is 1. The number of rotatable bonds is 1. The summed E-state index contributed by atoms with van der Waals surface area (Å²) >= 11 is 5.40. The van der Waals surface area contributed by atoms with Crippen molar-refractivity contribution in [2.24, 2.45) is 0 Å². The van der Waals surface area contributed by atoms with Crippen LogP contribution in [0.25, 0.3) is 0 Å². The standard InChI is InChI=1S/C15H11N3S.BrH/c16-9-11-5-2-4-8-14(11)18-10-12-6-1-3-7-13(12)17-15(18)19;/h1-8H,10H2,(H,17,19);1H. The van der Waals surface area contributed by atoms with Gasteiger partial charge in [-0.15, -0.1) is 17.0 Å². The molecule has 2 aromatic rings. The van der Waals surface area contributed by atoms with Gasteiger partial charge in [-0.1, -0.05) is 30.3 Å². The summed E-state index contributed by atoms with van der Waals surface area (Å²) in [5.74, 6) is 0. The molecule has 0 bridgehead atoms. The SMILES string of the molecule is Br.N#Cc1ccccc1N1Cc2ccccc2NC1=S. The topological polar surface area (TPSA) is 39.1 Å². The molecule has 0 aromatic heterocycles. The highest BCUT2D eigenvalue weighted by molar-refractivity contribution is 8.93. The highest BCUT2D eigenvalue weighted by Crippen LogP contribution is 2.29. The smallest absolute Gasteiger partial charge is 0.178 e. The summed E-state index contributed by atoms with van der Waals surface area (Å²) in [5, 5.41) is 13.0. The van der Waals surface area contributed by atoms with Crippen LogP contribution in [0.2, 0.25) is 0 Å². The summed E-state index contributed by atoms with van der Waals surface area (Å²) in [5.41, 5.74) is 3.69. The molecule has 1 aliphatic heterocycles. The fourth-order valence-electron chi connectivity index (χ4n) is 2.20. The van der Waals surface area contributed by atoms with E-state index in [0.29, 0.717) is 17.2 Å². The van der Waals surface area contributed by atoms with E-state index < -0.39 is 0 Å². The van der Waals surface area contributed by atoms with Crippen LogP contribution in [0.1, 0.15) is 11.1 Å². The Balaban J connectivity index is 0.00000147.